The van der Waals surface area contributed by atoms with Crippen LogP contribution in [0.1, 0.15) is 17.2 Å². The zero-order chi connectivity index (χ0) is 14.7. The molecular formula is C15H13BrClFIN. The molecule has 1 atom stereocenters. The predicted octanol–water partition coefficient (Wildman–Crippen LogP) is 5.35. The van der Waals surface area contributed by atoms with Crippen molar-refractivity contribution in [2.75, 3.05) is 7.05 Å². The van der Waals surface area contributed by atoms with Crippen LogP contribution in [0.3, 0.4) is 0 Å². The van der Waals surface area contributed by atoms with Gasteiger partial charge in [0, 0.05) is 14.1 Å². The average Bonchev–Trinajstić information content (AvgIpc) is 2.41. The number of likely N-dealkylation sites (N-methyl/N-ethyl adjacent to an activating group) is 1. The second-order valence-electron chi connectivity index (χ2n) is 4.45. The van der Waals surface area contributed by atoms with E-state index in [4.69, 9.17) is 11.6 Å². The lowest BCUT2D eigenvalue weighted by Gasteiger charge is -2.18. The van der Waals surface area contributed by atoms with E-state index in [0.717, 1.165) is 30.6 Å². The fraction of sp³-hybridized carbons (Fsp3) is 0.200. The normalized spacial score (nSPS) is 12.4. The smallest absolute Gasteiger partial charge is 0.124 e. The summed E-state index contributed by atoms with van der Waals surface area (Å²) in [5.41, 5.74) is 2.18. The Morgan fingerprint density at radius 3 is 2.65 bits per heavy atom. The van der Waals surface area contributed by atoms with Crippen molar-refractivity contribution in [3.8, 4) is 0 Å². The fourth-order valence-corrected chi connectivity index (χ4v) is 3.06. The van der Waals surface area contributed by atoms with E-state index in [1.54, 1.807) is 6.07 Å². The molecule has 0 radical (unpaired) electrons. The SMILES string of the molecule is CNC(Cc1ccc(F)cc1Br)c1ccc(I)c(Cl)c1. The maximum Gasteiger partial charge on any atom is 0.124 e. The summed E-state index contributed by atoms with van der Waals surface area (Å²) in [6.07, 6.45) is 0.758. The average molecular weight is 469 g/mol. The van der Waals surface area contributed by atoms with E-state index in [9.17, 15) is 4.39 Å². The molecule has 1 N–H and O–H groups in total. The number of hydrogen-bond donors (Lipinski definition) is 1. The number of benzene rings is 2. The minimum absolute atomic E-state index is 0.131. The lowest BCUT2D eigenvalue weighted by molar-refractivity contribution is 0.587. The second kappa shape index (κ2) is 7.20. The van der Waals surface area contributed by atoms with Gasteiger partial charge in [0.15, 0.2) is 0 Å². The zero-order valence-corrected chi connectivity index (χ0v) is 15.3. The summed E-state index contributed by atoms with van der Waals surface area (Å²) in [5.74, 6) is -0.237. The van der Waals surface area contributed by atoms with Crippen molar-refractivity contribution >= 4 is 50.1 Å². The first-order valence-corrected chi connectivity index (χ1v) is 8.32. The monoisotopic (exact) mass is 467 g/mol. The molecule has 0 spiro atoms. The Morgan fingerprint density at radius 1 is 1.30 bits per heavy atom. The molecule has 0 aromatic heterocycles. The van der Waals surface area contributed by atoms with Gasteiger partial charge in [0.1, 0.15) is 5.82 Å². The molecule has 0 aliphatic carbocycles. The molecule has 0 heterocycles. The minimum Gasteiger partial charge on any atom is -0.313 e. The van der Waals surface area contributed by atoms with Gasteiger partial charge in [-0.1, -0.05) is 39.7 Å². The lowest BCUT2D eigenvalue weighted by Crippen LogP contribution is -2.19. The van der Waals surface area contributed by atoms with E-state index in [2.05, 4.69) is 49.9 Å². The standard InChI is InChI=1S/C15H13BrClFIN/c1-20-15(10-3-5-14(19)13(17)6-10)7-9-2-4-11(18)8-12(9)16/h2-6,8,15,20H,7H2,1H3. The molecule has 2 rings (SSSR count). The van der Waals surface area contributed by atoms with Crippen LogP contribution >= 0.6 is 50.1 Å². The number of hydrogen-bond acceptors (Lipinski definition) is 1. The Balaban J connectivity index is 2.26. The van der Waals surface area contributed by atoms with Crippen molar-refractivity contribution < 1.29 is 4.39 Å². The quantitative estimate of drug-likeness (QED) is 0.597. The van der Waals surface area contributed by atoms with Gasteiger partial charge in [-0.2, -0.15) is 0 Å². The van der Waals surface area contributed by atoms with Crippen molar-refractivity contribution in [1.82, 2.24) is 5.32 Å². The fourth-order valence-electron chi connectivity index (χ4n) is 2.02. The van der Waals surface area contributed by atoms with E-state index < -0.39 is 0 Å². The molecule has 0 aliphatic heterocycles. The first-order valence-electron chi connectivity index (χ1n) is 6.07. The summed E-state index contributed by atoms with van der Waals surface area (Å²) in [6.45, 7) is 0. The molecule has 106 valence electrons. The summed E-state index contributed by atoms with van der Waals surface area (Å²) in [7, 11) is 1.91. The highest BCUT2D eigenvalue weighted by molar-refractivity contribution is 14.1. The van der Waals surface area contributed by atoms with Crippen LogP contribution in [-0.2, 0) is 6.42 Å². The van der Waals surface area contributed by atoms with Gasteiger partial charge in [0.2, 0.25) is 0 Å². The van der Waals surface area contributed by atoms with Gasteiger partial charge in [0.25, 0.3) is 0 Å². The zero-order valence-electron chi connectivity index (χ0n) is 10.8. The van der Waals surface area contributed by atoms with Crippen LogP contribution in [0, 0.1) is 9.39 Å². The van der Waals surface area contributed by atoms with Gasteiger partial charge >= 0.3 is 0 Å². The Bertz CT molecular complexity index is 621. The molecule has 20 heavy (non-hydrogen) atoms. The molecule has 0 saturated carbocycles. The van der Waals surface area contributed by atoms with E-state index in [0.29, 0.717) is 0 Å². The van der Waals surface area contributed by atoms with Gasteiger partial charge in [-0.3, -0.25) is 0 Å². The number of halogens is 4. The molecule has 5 heteroatoms. The van der Waals surface area contributed by atoms with Crippen LogP contribution in [0.25, 0.3) is 0 Å². The van der Waals surface area contributed by atoms with Gasteiger partial charge in [-0.25, -0.2) is 4.39 Å². The first-order chi connectivity index (χ1) is 9.51. The molecule has 2 aromatic rings. The largest absolute Gasteiger partial charge is 0.313 e. The van der Waals surface area contributed by atoms with Crippen molar-refractivity contribution in [3.05, 3.63) is 66.4 Å². The molecule has 0 amide bonds. The van der Waals surface area contributed by atoms with Gasteiger partial charge < -0.3 is 5.32 Å². The van der Waals surface area contributed by atoms with Gasteiger partial charge in [-0.05, 0) is 71.5 Å². The summed E-state index contributed by atoms with van der Waals surface area (Å²) >= 11 is 11.8. The Labute approximate surface area is 145 Å². The maximum atomic E-state index is 13.1. The third-order valence-corrected chi connectivity index (χ3v) is 5.44. The van der Waals surface area contributed by atoms with Gasteiger partial charge in [-0.15, -0.1) is 0 Å². The molecule has 0 bridgehead atoms. The van der Waals surface area contributed by atoms with Crippen molar-refractivity contribution in [2.24, 2.45) is 0 Å². The number of rotatable bonds is 4. The van der Waals surface area contributed by atoms with Crippen LogP contribution < -0.4 is 5.32 Å². The van der Waals surface area contributed by atoms with Gasteiger partial charge in [0.05, 0.1) is 5.02 Å². The van der Waals surface area contributed by atoms with E-state index in [1.165, 1.54) is 12.1 Å². The third kappa shape index (κ3) is 3.93. The molecule has 2 aromatic carbocycles. The Kier molecular flexibility index (Phi) is 5.84. The van der Waals surface area contributed by atoms with Crippen molar-refractivity contribution in [1.29, 1.82) is 0 Å². The minimum atomic E-state index is -0.237. The highest BCUT2D eigenvalue weighted by Gasteiger charge is 2.13. The third-order valence-electron chi connectivity index (χ3n) is 3.13. The van der Waals surface area contributed by atoms with E-state index in [-0.39, 0.29) is 11.9 Å². The van der Waals surface area contributed by atoms with E-state index in [1.807, 2.05) is 19.2 Å². The second-order valence-corrected chi connectivity index (χ2v) is 6.88. The van der Waals surface area contributed by atoms with Crippen molar-refractivity contribution in [3.63, 3.8) is 0 Å². The summed E-state index contributed by atoms with van der Waals surface area (Å²) in [4.78, 5) is 0. The predicted molar refractivity (Wildman–Crippen MR) is 93.8 cm³/mol. The highest BCUT2D eigenvalue weighted by Crippen LogP contribution is 2.27. The van der Waals surface area contributed by atoms with Crippen LogP contribution in [0.5, 0.6) is 0 Å². The van der Waals surface area contributed by atoms with Crippen LogP contribution in [0.2, 0.25) is 5.02 Å². The summed E-state index contributed by atoms with van der Waals surface area (Å²) in [5, 5.41) is 4.03. The first kappa shape index (κ1) is 16.2. The summed E-state index contributed by atoms with van der Waals surface area (Å²) in [6, 6.07) is 10.9. The molecular weight excluding hydrogens is 455 g/mol. The lowest BCUT2D eigenvalue weighted by atomic mass is 9.99. The Morgan fingerprint density at radius 2 is 2.05 bits per heavy atom. The van der Waals surface area contributed by atoms with Crippen LogP contribution in [-0.4, -0.2) is 7.05 Å². The number of nitrogens with one attached hydrogen (secondary N) is 1. The molecule has 0 aliphatic rings. The summed E-state index contributed by atoms with van der Waals surface area (Å²) < 4.78 is 14.9. The molecule has 1 nitrogen and oxygen atoms in total. The molecule has 0 saturated heterocycles. The highest BCUT2D eigenvalue weighted by atomic mass is 127. The molecule has 0 fully saturated rings. The van der Waals surface area contributed by atoms with Crippen LogP contribution in [0.15, 0.2) is 40.9 Å². The van der Waals surface area contributed by atoms with E-state index >= 15 is 0 Å². The maximum absolute atomic E-state index is 13.1. The van der Waals surface area contributed by atoms with Crippen molar-refractivity contribution in [2.45, 2.75) is 12.5 Å². The Hall–Kier alpha value is -0.170. The molecule has 1 unspecified atom stereocenters. The van der Waals surface area contributed by atoms with Crippen LogP contribution in [0.4, 0.5) is 4.39 Å². The topological polar surface area (TPSA) is 12.0 Å².